The fourth-order valence-electron chi connectivity index (χ4n) is 3.54. The van der Waals surface area contributed by atoms with Gasteiger partial charge in [0.15, 0.2) is 0 Å². The van der Waals surface area contributed by atoms with E-state index in [-0.39, 0.29) is 11.3 Å². The standard InChI is InChI=1S/C23H30N6O4/c1-23(2,3)18-13-20(32-26-18)24-19(30)14-28-9-11-29(12-10-28)15-21-25-22(27-33-21)16-5-7-17(31-4)8-6-16/h5-8,13H,9-12,14-15H2,1-4H3,(H,24,30). The van der Waals surface area contributed by atoms with Crippen LogP contribution in [0.1, 0.15) is 32.4 Å². The van der Waals surface area contributed by atoms with Crippen LogP contribution in [0.2, 0.25) is 0 Å². The van der Waals surface area contributed by atoms with Gasteiger partial charge in [0, 0.05) is 43.2 Å². The second kappa shape index (κ2) is 9.72. The number of rotatable bonds is 7. The number of hydrogen-bond acceptors (Lipinski definition) is 9. The average molecular weight is 455 g/mol. The van der Waals surface area contributed by atoms with Gasteiger partial charge in [0.2, 0.25) is 23.5 Å². The van der Waals surface area contributed by atoms with Gasteiger partial charge < -0.3 is 13.8 Å². The van der Waals surface area contributed by atoms with Gasteiger partial charge in [0.1, 0.15) is 5.75 Å². The highest BCUT2D eigenvalue weighted by molar-refractivity contribution is 5.91. The topological polar surface area (TPSA) is 110 Å². The molecule has 1 aliphatic rings. The third kappa shape index (κ3) is 5.96. The average Bonchev–Trinajstić information content (AvgIpc) is 3.45. The molecular weight excluding hydrogens is 424 g/mol. The first-order valence-corrected chi connectivity index (χ1v) is 11.0. The molecule has 1 fully saturated rings. The molecule has 1 amide bonds. The first kappa shape index (κ1) is 22.9. The third-order valence-electron chi connectivity index (χ3n) is 5.55. The molecule has 0 atom stereocenters. The number of carbonyl (C=O) groups is 1. The maximum absolute atomic E-state index is 12.4. The molecule has 1 aromatic carbocycles. The van der Waals surface area contributed by atoms with Crippen molar-refractivity contribution in [3.63, 3.8) is 0 Å². The number of methoxy groups -OCH3 is 1. The van der Waals surface area contributed by atoms with E-state index in [2.05, 4.69) is 30.4 Å². The number of nitrogens with one attached hydrogen (secondary N) is 1. The molecule has 33 heavy (non-hydrogen) atoms. The van der Waals surface area contributed by atoms with Gasteiger partial charge in [-0.15, -0.1) is 0 Å². The van der Waals surface area contributed by atoms with Gasteiger partial charge in [-0.2, -0.15) is 4.98 Å². The summed E-state index contributed by atoms with van der Waals surface area (Å²) in [6.45, 7) is 10.2. The van der Waals surface area contributed by atoms with Crippen molar-refractivity contribution in [2.24, 2.45) is 0 Å². The Labute approximate surface area is 192 Å². The van der Waals surface area contributed by atoms with Crippen molar-refractivity contribution in [3.05, 3.63) is 41.9 Å². The molecule has 1 saturated heterocycles. The Kier molecular flexibility index (Phi) is 6.75. The number of nitrogens with zero attached hydrogens (tertiary/aromatic N) is 5. The Morgan fingerprint density at radius 3 is 2.39 bits per heavy atom. The minimum Gasteiger partial charge on any atom is -0.497 e. The van der Waals surface area contributed by atoms with Gasteiger partial charge in [-0.05, 0) is 24.3 Å². The highest BCUT2D eigenvalue weighted by atomic mass is 16.5. The predicted molar refractivity (Wildman–Crippen MR) is 122 cm³/mol. The number of benzene rings is 1. The molecule has 0 saturated carbocycles. The van der Waals surface area contributed by atoms with E-state index in [1.54, 1.807) is 13.2 Å². The summed E-state index contributed by atoms with van der Waals surface area (Å²) in [5.41, 5.74) is 1.56. The van der Waals surface area contributed by atoms with Crippen LogP contribution in [0.15, 0.2) is 39.4 Å². The normalized spacial score (nSPS) is 15.5. The van der Waals surface area contributed by atoms with E-state index in [0.717, 1.165) is 43.2 Å². The molecule has 0 aliphatic carbocycles. The molecule has 1 aliphatic heterocycles. The van der Waals surface area contributed by atoms with Crippen LogP contribution in [0.5, 0.6) is 5.75 Å². The van der Waals surface area contributed by atoms with E-state index in [9.17, 15) is 4.79 Å². The van der Waals surface area contributed by atoms with Crippen LogP contribution in [-0.4, -0.2) is 70.8 Å². The lowest BCUT2D eigenvalue weighted by molar-refractivity contribution is -0.117. The van der Waals surface area contributed by atoms with Gasteiger partial charge in [0.25, 0.3) is 0 Å². The minimum atomic E-state index is -0.128. The molecule has 10 heteroatoms. The van der Waals surface area contributed by atoms with Gasteiger partial charge in [-0.3, -0.25) is 19.9 Å². The van der Waals surface area contributed by atoms with E-state index in [0.29, 0.717) is 30.7 Å². The Hall–Kier alpha value is -3.24. The van der Waals surface area contributed by atoms with Crippen molar-refractivity contribution in [2.75, 3.05) is 45.2 Å². The lowest BCUT2D eigenvalue weighted by atomic mass is 9.92. The van der Waals surface area contributed by atoms with Crippen molar-refractivity contribution < 1.29 is 18.6 Å². The predicted octanol–water partition coefficient (Wildman–Crippen LogP) is 2.79. The fourth-order valence-corrected chi connectivity index (χ4v) is 3.54. The van der Waals surface area contributed by atoms with Crippen molar-refractivity contribution in [2.45, 2.75) is 32.7 Å². The number of piperazine rings is 1. The Bertz CT molecular complexity index is 1060. The van der Waals surface area contributed by atoms with E-state index in [1.165, 1.54) is 0 Å². The molecule has 0 spiro atoms. The molecule has 4 rings (SSSR count). The van der Waals surface area contributed by atoms with Crippen molar-refractivity contribution >= 4 is 11.8 Å². The SMILES string of the molecule is COc1ccc(-c2noc(CN3CCN(CC(=O)Nc4cc(C(C)(C)C)no4)CC3)n2)cc1. The first-order chi connectivity index (χ1) is 15.8. The number of anilines is 1. The van der Waals surface area contributed by atoms with Gasteiger partial charge >= 0.3 is 0 Å². The number of aromatic nitrogens is 3. The quantitative estimate of drug-likeness (QED) is 0.576. The molecule has 0 unspecified atom stereocenters. The summed E-state index contributed by atoms with van der Waals surface area (Å²) >= 11 is 0. The zero-order chi connectivity index (χ0) is 23.4. The summed E-state index contributed by atoms with van der Waals surface area (Å²) in [5, 5.41) is 10.9. The summed E-state index contributed by atoms with van der Waals surface area (Å²) < 4.78 is 15.9. The lowest BCUT2D eigenvalue weighted by Gasteiger charge is -2.33. The summed E-state index contributed by atoms with van der Waals surface area (Å²) in [4.78, 5) is 21.3. The monoisotopic (exact) mass is 454 g/mol. The largest absolute Gasteiger partial charge is 0.497 e. The van der Waals surface area contributed by atoms with Crippen molar-refractivity contribution in [1.29, 1.82) is 0 Å². The highest BCUT2D eigenvalue weighted by Crippen LogP contribution is 2.24. The summed E-state index contributed by atoms with van der Waals surface area (Å²) in [5.74, 6) is 2.19. The molecule has 0 radical (unpaired) electrons. The van der Waals surface area contributed by atoms with Crippen LogP contribution in [0.3, 0.4) is 0 Å². The molecule has 0 bridgehead atoms. The van der Waals surface area contributed by atoms with E-state index in [1.807, 2.05) is 45.0 Å². The first-order valence-electron chi connectivity index (χ1n) is 11.0. The van der Waals surface area contributed by atoms with Crippen LogP contribution in [0.25, 0.3) is 11.4 Å². The summed E-state index contributed by atoms with van der Waals surface area (Å²) in [6, 6.07) is 9.32. The zero-order valence-corrected chi connectivity index (χ0v) is 19.5. The smallest absolute Gasteiger partial charge is 0.241 e. The summed E-state index contributed by atoms with van der Waals surface area (Å²) in [6.07, 6.45) is 0. The molecular formula is C23H30N6O4. The van der Waals surface area contributed by atoms with Crippen LogP contribution in [0, 0.1) is 0 Å². The zero-order valence-electron chi connectivity index (χ0n) is 19.5. The van der Waals surface area contributed by atoms with Crippen LogP contribution in [0.4, 0.5) is 5.88 Å². The second-order valence-electron chi connectivity index (χ2n) is 9.17. The van der Waals surface area contributed by atoms with Gasteiger partial charge in [0.05, 0.1) is 25.9 Å². The maximum Gasteiger partial charge on any atom is 0.241 e. The van der Waals surface area contributed by atoms with Crippen LogP contribution >= 0.6 is 0 Å². The summed E-state index contributed by atoms with van der Waals surface area (Å²) in [7, 11) is 1.63. The van der Waals surface area contributed by atoms with Crippen molar-refractivity contribution in [3.8, 4) is 17.1 Å². The molecule has 2 aromatic heterocycles. The molecule has 176 valence electrons. The van der Waals surface area contributed by atoms with E-state index < -0.39 is 0 Å². The van der Waals surface area contributed by atoms with E-state index >= 15 is 0 Å². The fraction of sp³-hybridized carbons (Fsp3) is 0.478. The number of amides is 1. The number of carbonyl (C=O) groups excluding carboxylic acids is 1. The Balaban J connectivity index is 1.22. The molecule has 3 aromatic rings. The lowest BCUT2D eigenvalue weighted by Crippen LogP contribution is -2.48. The Morgan fingerprint density at radius 1 is 1.06 bits per heavy atom. The number of hydrogen-bond donors (Lipinski definition) is 1. The molecule has 1 N–H and O–H groups in total. The van der Waals surface area contributed by atoms with Gasteiger partial charge in [-0.25, -0.2) is 0 Å². The molecule has 3 heterocycles. The number of ether oxygens (including phenoxy) is 1. The van der Waals surface area contributed by atoms with Crippen LogP contribution in [-0.2, 0) is 16.8 Å². The maximum atomic E-state index is 12.4. The minimum absolute atomic E-state index is 0.110. The highest BCUT2D eigenvalue weighted by Gasteiger charge is 2.23. The van der Waals surface area contributed by atoms with E-state index in [4.69, 9.17) is 13.8 Å². The van der Waals surface area contributed by atoms with Gasteiger partial charge in [-0.1, -0.05) is 31.1 Å². The molecule has 10 nitrogen and oxygen atoms in total. The second-order valence-corrected chi connectivity index (χ2v) is 9.17. The third-order valence-corrected chi connectivity index (χ3v) is 5.55. The Morgan fingerprint density at radius 2 is 1.76 bits per heavy atom. The van der Waals surface area contributed by atoms with Crippen molar-refractivity contribution in [1.82, 2.24) is 25.1 Å². The van der Waals surface area contributed by atoms with Crippen LogP contribution < -0.4 is 10.1 Å².